The number of benzene rings is 1. The number of anilines is 2. The number of halogens is 1. The number of nitrogens with two attached hydrogens (primary N) is 1. The highest BCUT2D eigenvalue weighted by Gasteiger charge is 2.47. The quantitative estimate of drug-likeness (QED) is 0.404. The Kier molecular flexibility index (Phi) is 5.50. The van der Waals surface area contributed by atoms with Gasteiger partial charge in [0, 0.05) is 50.0 Å². The van der Waals surface area contributed by atoms with Gasteiger partial charge in [-0.2, -0.15) is 5.10 Å². The molecule has 3 aliphatic heterocycles. The van der Waals surface area contributed by atoms with Gasteiger partial charge in [0.2, 0.25) is 0 Å². The van der Waals surface area contributed by atoms with Crippen molar-refractivity contribution in [3.8, 4) is 11.3 Å². The van der Waals surface area contributed by atoms with E-state index in [0.29, 0.717) is 12.1 Å². The van der Waals surface area contributed by atoms with Crippen molar-refractivity contribution in [3.05, 3.63) is 82.9 Å². The van der Waals surface area contributed by atoms with Crippen LogP contribution in [0.2, 0.25) is 0 Å². The van der Waals surface area contributed by atoms with Gasteiger partial charge in [0.1, 0.15) is 17.3 Å². The zero-order chi connectivity index (χ0) is 27.7. The molecule has 4 aliphatic rings. The molecule has 0 amide bonds. The predicted molar refractivity (Wildman–Crippen MR) is 155 cm³/mol. The zero-order valence-corrected chi connectivity index (χ0v) is 23.1. The zero-order valence-electron chi connectivity index (χ0n) is 23.1. The minimum Gasteiger partial charge on any atom is -0.355 e. The van der Waals surface area contributed by atoms with Crippen LogP contribution in [-0.2, 0) is 26.4 Å². The second-order valence-corrected chi connectivity index (χ2v) is 11.8. The molecule has 0 unspecified atom stereocenters. The number of nitrogens with zero attached hydrogens (tertiary/aromatic N) is 8. The van der Waals surface area contributed by atoms with Gasteiger partial charge < -0.3 is 15.5 Å². The fraction of sp³-hybridized carbons (Fsp3) is 0.387. The van der Waals surface area contributed by atoms with Crippen molar-refractivity contribution in [1.82, 2.24) is 24.7 Å². The standard InChI is InChI=1S/C31H32FN9/c1-39-18-20(15-36-39)22-7-8-25-23(37-22)6-3-11-41(25)30-28-24(16-35-30)38-26(17-34-28)40-12-9-31(10-13-40)14-19-4-2-5-21(32)27(19)29(31)33/h2,4-5,7-8,15,17-18,29H,3,6,9-14,16,33H2,1H3/t29-/m1/s1. The Bertz CT molecular complexity index is 1700. The Morgan fingerprint density at radius 3 is 2.71 bits per heavy atom. The van der Waals surface area contributed by atoms with E-state index in [4.69, 9.17) is 25.7 Å². The monoisotopic (exact) mass is 549 g/mol. The molecule has 0 radical (unpaired) electrons. The summed E-state index contributed by atoms with van der Waals surface area (Å²) in [5.74, 6) is 1.59. The Morgan fingerprint density at radius 2 is 1.90 bits per heavy atom. The van der Waals surface area contributed by atoms with Gasteiger partial charge >= 0.3 is 0 Å². The summed E-state index contributed by atoms with van der Waals surface area (Å²) in [5, 5.41) is 4.29. The van der Waals surface area contributed by atoms with Gasteiger partial charge in [0.15, 0.2) is 5.84 Å². The lowest BCUT2D eigenvalue weighted by atomic mass is 9.73. The molecule has 1 fully saturated rings. The van der Waals surface area contributed by atoms with Gasteiger partial charge in [-0.1, -0.05) is 12.1 Å². The maximum atomic E-state index is 14.6. The fourth-order valence-corrected chi connectivity index (χ4v) is 7.24. The van der Waals surface area contributed by atoms with E-state index in [2.05, 4.69) is 27.0 Å². The number of aliphatic imine (C=N–C) groups is 1. The van der Waals surface area contributed by atoms with Crippen LogP contribution in [0.1, 0.15) is 53.5 Å². The number of rotatable bonds is 2. The topological polar surface area (TPSA) is 101 Å². The summed E-state index contributed by atoms with van der Waals surface area (Å²) in [6, 6.07) is 9.30. The van der Waals surface area contributed by atoms with Crippen molar-refractivity contribution in [2.75, 3.05) is 29.4 Å². The highest BCUT2D eigenvalue weighted by Crippen LogP contribution is 2.51. The minimum atomic E-state index is -0.259. The van der Waals surface area contributed by atoms with E-state index < -0.39 is 0 Å². The molecule has 10 heteroatoms. The maximum Gasteiger partial charge on any atom is 0.156 e. The Balaban J connectivity index is 1.00. The predicted octanol–water partition coefficient (Wildman–Crippen LogP) is 3.97. The van der Waals surface area contributed by atoms with Crippen LogP contribution in [0.4, 0.5) is 15.9 Å². The molecular weight excluding hydrogens is 517 g/mol. The van der Waals surface area contributed by atoms with Crippen molar-refractivity contribution >= 4 is 17.3 Å². The molecule has 1 aromatic carbocycles. The number of aromatic nitrogens is 5. The largest absolute Gasteiger partial charge is 0.355 e. The molecule has 2 N–H and O–H groups in total. The van der Waals surface area contributed by atoms with E-state index in [-0.39, 0.29) is 17.3 Å². The molecule has 0 saturated carbocycles. The number of fused-ring (bicyclic) bond motifs is 3. The fourth-order valence-electron chi connectivity index (χ4n) is 7.24. The molecule has 1 aliphatic carbocycles. The van der Waals surface area contributed by atoms with Crippen LogP contribution >= 0.6 is 0 Å². The normalized spacial score (nSPS) is 20.7. The first-order chi connectivity index (χ1) is 20.0. The average Bonchev–Trinajstić information content (AvgIpc) is 3.69. The highest BCUT2D eigenvalue weighted by molar-refractivity contribution is 6.11. The van der Waals surface area contributed by atoms with Crippen LogP contribution in [-0.4, -0.2) is 50.2 Å². The van der Waals surface area contributed by atoms with E-state index in [0.717, 1.165) is 103 Å². The molecular formula is C31H32FN9. The lowest BCUT2D eigenvalue weighted by Gasteiger charge is -2.42. The van der Waals surface area contributed by atoms with Gasteiger partial charge in [-0.15, -0.1) is 0 Å². The van der Waals surface area contributed by atoms with Gasteiger partial charge in [0.25, 0.3) is 0 Å². The van der Waals surface area contributed by atoms with Crippen molar-refractivity contribution in [3.63, 3.8) is 0 Å². The number of pyridine rings is 1. The Labute approximate surface area is 238 Å². The first-order valence-corrected chi connectivity index (χ1v) is 14.4. The van der Waals surface area contributed by atoms with Crippen LogP contribution in [0, 0.1) is 11.2 Å². The maximum absolute atomic E-state index is 14.6. The van der Waals surface area contributed by atoms with Gasteiger partial charge in [-0.3, -0.25) is 14.7 Å². The molecule has 208 valence electrons. The molecule has 9 nitrogen and oxygen atoms in total. The van der Waals surface area contributed by atoms with E-state index in [1.54, 1.807) is 10.7 Å². The third-order valence-electron chi connectivity index (χ3n) is 9.45. The minimum absolute atomic E-state index is 0.0892. The van der Waals surface area contributed by atoms with Gasteiger partial charge in [0.05, 0.1) is 41.7 Å². The second-order valence-electron chi connectivity index (χ2n) is 11.8. The molecule has 0 bridgehead atoms. The summed E-state index contributed by atoms with van der Waals surface area (Å²) in [4.78, 5) is 24.4. The van der Waals surface area contributed by atoms with Crippen LogP contribution in [0.15, 0.2) is 53.9 Å². The second kappa shape index (κ2) is 9.17. The van der Waals surface area contributed by atoms with Crippen LogP contribution in [0.25, 0.3) is 11.3 Å². The molecule has 1 atom stereocenters. The lowest BCUT2D eigenvalue weighted by molar-refractivity contribution is 0.185. The SMILES string of the molecule is Cn1cc(-c2ccc3c(n2)CCCN3C2=NCc3nc(N4CCC5(CC4)Cc4cccc(F)c4[C@H]5N)cnc32)cn1. The molecule has 6 heterocycles. The summed E-state index contributed by atoms with van der Waals surface area (Å²) in [6.45, 7) is 3.06. The summed E-state index contributed by atoms with van der Waals surface area (Å²) in [7, 11) is 1.92. The van der Waals surface area contributed by atoms with Crippen LogP contribution < -0.4 is 15.5 Å². The van der Waals surface area contributed by atoms with Gasteiger partial charge in [-0.25, -0.2) is 14.4 Å². The van der Waals surface area contributed by atoms with Crippen molar-refractivity contribution in [2.24, 2.45) is 23.2 Å². The molecule has 3 aromatic heterocycles. The smallest absolute Gasteiger partial charge is 0.156 e. The van der Waals surface area contributed by atoms with Crippen LogP contribution in [0.5, 0.6) is 0 Å². The number of hydrogen-bond acceptors (Lipinski definition) is 8. The number of piperidine rings is 1. The highest BCUT2D eigenvalue weighted by atomic mass is 19.1. The molecule has 1 saturated heterocycles. The van der Waals surface area contributed by atoms with E-state index in [1.165, 1.54) is 6.07 Å². The Morgan fingerprint density at radius 1 is 1.02 bits per heavy atom. The summed E-state index contributed by atoms with van der Waals surface area (Å²) < 4.78 is 16.4. The summed E-state index contributed by atoms with van der Waals surface area (Å²) in [5.41, 5.74) is 14.2. The lowest BCUT2D eigenvalue weighted by Crippen LogP contribution is -2.44. The van der Waals surface area contributed by atoms with E-state index >= 15 is 0 Å². The first-order valence-electron chi connectivity index (χ1n) is 14.4. The van der Waals surface area contributed by atoms with Crippen molar-refractivity contribution in [2.45, 2.75) is 44.7 Å². The van der Waals surface area contributed by atoms with Crippen molar-refractivity contribution < 1.29 is 4.39 Å². The third-order valence-corrected chi connectivity index (χ3v) is 9.45. The van der Waals surface area contributed by atoms with Crippen molar-refractivity contribution in [1.29, 1.82) is 0 Å². The average molecular weight is 550 g/mol. The van der Waals surface area contributed by atoms with Crippen LogP contribution in [0.3, 0.4) is 0 Å². The first kappa shape index (κ1) is 24.6. The number of aryl methyl sites for hydroxylation is 2. The molecule has 8 rings (SSSR count). The molecule has 1 spiro atoms. The number of amidine groups is 1. The molecule has 41 heavy (non-hydrogen) atoms. The third kappa shape index (κ3) is 3.88. The number of hydrogen-bond donors (Lipinski definition) is 1. The summed E-state index contributed by atoms with van der Waals surface area (Å²) >= 11 is 0. The van der Waals surface area contributed by atoms with E-state index in [1.807, 2.05) is 31.7 Å². The van der Waals surface area contributed by atoms with Gasteiger partial charge in [-0.05, 0) is 61.3 Å². The summed E-state index contributed by atoms with van der Waals surface area (Å²) in [6.07, 6.45) is 10.3. The van der Waals surface area contributed by atoms with E-state index in [9.17, 15) is 4.39 Å². The Hall–Kier alpha value is -4.18. The molecule has 4 aromatic rings.